The van der Waals surface area contributed by atoms with E-state index < -0.39 is 0 Å². The number of hydrogen-bond donors (Lipinski definition) is 0. The second kappa shape index (κ2) is 5.70. The minimum atomic E-state index is 0.355. The van der Waals surface area contributed by atoms with Gasteiger partial charge in [-0.2, -0.15) is 0 Å². The molecule has 5 heteroatoms. The third-order valence-electron chi connectivity index (χ3n) is 2.97. The van der Waals surface area contributed by atoms with Gasteiger partial charge in [0.15, 0.2) is 0 Å². The fourth-order valence-corrected chi connectivity index (χ4v) is 4.95. The molecule has 16 heavy (non-hydrogen) atoms. The van der Waals surface area contributed by atoms with Gasteiger partial charge in [0.25, 0.3) is 0 Å². The molecule has 0 saturated carbocycles. The molecule has 90 valence electrons. The highest BCUT2D eigenvalue weighted by atomic mass is 79.9. The number of halogens is 3. The Bertz CT molecular complexity index is 349. The van der Waals surface area contributed by atoms with E-state index in [0.29, 0.717) is 16.8 Å². The van der Waals surface area contributed by atoms with Gasteiger partial charge in [-0.05, 0) is 34.8 Å². The van der Waals surface area contributed by atoms with Crippen molar-refractivity contribution in [2.75, 3.05) is 6.61 Å². The predicted molar refractivity (Wildman–Crippen MR) is 76.8 cm³/mol. The van der Waals surface area contributed by atoms with Gasteiger partial charge in [0, 0.05) is 17.4 Å². The molecule has 2 heterocycles. The summed E-state index contributed by atoms with van der Waals surface area (Å²) < 4.78 is 6.74. The summed E-state index contributed by atoms with van der Waals surface area (Å²) in [6, 6.07) is 2.04. The van der Waals surface area contributed by atoms with E-state index in [9.17, 15) is 0 Å². The van der Waals surface area contributed by atoms with E-state index in [2.05, 4.69) is 38.8 Å². The maximum atomic E-state index is 6.06. The van der Waals surface area contributed by atoms with Crippen LogP contribution in [0.15, 0.2) is 9.85 Å². The maximum Gasteiger partial charge on any atom is 0.0887 e. The lowest BCUT2D eigenvalue weighted by Crippen LogP contribution is -2.18. The van der Waals surface area contributed by atoms with Gasteiger partial charge < -0.3 is 4.74 Å². The van der Waals surface area contributed by atoms with E-state index in [-0.39, 0.29) is 0 Å². The molecule has 0 bridgehead atoms. The summed E-state index contributed by atoms with van der Waals surface area (Å²) in [5, 5.41) is 0.802. The average molecular weight is 389 g/mol. The van der Waals surface area contributed by atoms with Crippen LogP contribution in [0.2, 0.25) is 5.02 Å². The molecule has 0 spiro atoms. The normalized spacial score (nSPS) is 27.2. The van der Waals surface area contributed by atoms with Crippen molar-refractivity contribution in [2.45, 2.75) is 30.7 Å². The Morgan fingerprint density at radius 2 is 2.44 bits per heavy atom. The van der Waals surface area contributed by atoms with Crippen LogP contribution >= 0.6 is 54.8 Å². The van der Waals surface area contributed by atoms with Crippen molar-refractivity contribution in [1.82, 2.24) is 0 Å². The number of ether oxygens (including phenoxy) is 1. The zero-order valence-electron chi connectivity index (χ0n) is 8.88. The Kier molecular flexibility index (Phi) is 4.75. The fourth-order valence-electron chi connectivity index (χ4n) is 2.13. The van der Waals surface area contributed by atoms with Crippen LogP contribution in [0.5, 0.6) is 0 Å². The van der Waals surface area contributed by atoms with Crippen molar-refractivity contribution in [3.8, 4) is 0 Å². The lowest BCUT2D eigenvalue weighted by atomic mass is 9.95. The van der Waals surface area contributed by atoms with Crippen LogP contribution in [-0.4, -0.2) is 12.7 Å². The zero-order chi connectivity index (χ0) is 11.7. The molecular weight excluding hydrogens is 375 g/mol. The summed E-state index contributed by atoms with van der Waals surface area (Å²) in [7, 11) is 0. The van der Waals surface area contributed by atoms with E-state index in [4.69, 9.17) is 16.3 Å². The molecule has 1 aromatic rings. The second-order valence-corrected chi connectivity index (χ2v) is 7.74. The van der Waals surface area contributed by atoms with E-state index in [1.807, 2.05) is 6.07 Å². The van der Waals surface area contributed by atoms with Crippen LogP contribution < -0.4 is 0 Å². The highest BCUT2D eigenvalue weighted by Gasteiger charge is 2.34. The first kappa shape index (κ1) is 13.3. The Labute approximate surface area is 122 Å². The van der Waals surface area contributed by atoms with Crippen molar-refractivity contribution in [3.05, 3.63) is 19.8 Å². The van der Waals surface area contributed by atoms with Crippen LogP contribution in [0.4, 0.5) is 0 Å². The molecule has 3 unspecified atom stereocenters. The summed E-state index contributed by atoms with van der Waals surface area (Å²) in [4.78, 5) is 1.64. The van der Waals surface area contributed by atoms with Gasteiger partial charge in [0.05, 0.1) is 19.7 Å². The van der Waals surface area contributed by atoms with E-state index in [1.165, 1.54) is 4.88 Å². The first-order chi connectivity index (χ1) is 7.63. The van der Waals surface area contributed by atoms with E-state index in [1.54, 1.807) is 11.3 Å². The van der Waals surface area contributed by atoms with Crippen molar-refractivity contribution in [3.63, 3.8) is 0 Å². The van der Waals surface area contributed by atoms with Crippen molar-refractivity contribution >= 4 is 54.8 Å². The minimum absolute atomic E-state index is 0.355. The molecule has 1 aromatic heterocycles. The number of hydrogen-bond acceptors (Lipinski definition) is 2. The molecule has 0 aromatic carbocycles. The second-order valence-electron chi connectivity index (χ2n) is 3.94. The summed E-state index contributed by atoms with van der Waals surface area (Å²) in [6.45, 7) is 3.06. The van der Waals surface area contributed by atoms with Gasteiger partial charge in [0.2, 0.25) is 0 Å². The highest BCUT2D eigenvalue weighted by Crippen LogP contribution is 2.45. The standard InChI is InChI=1S/C11H13Br2ClOS/c1-2-8-6(3-4-15-8)10(12)9-5-7(14)11(13)16-9/h5-6,8,10H,2-4H2,1H3. The molecule has 0 N–H and O–H groups in total. The molecule has 1 saturated heterocycles. The number of rotatable bonds is 3. The lowest BCUT2D eigenvalue weighted by Gasteiger charge is -2.21. The van der Waals surface area contributed by atoms with Crippen LogP contribution in [0.3, 0.4) is 0 Å². The summed E-state index contributed by atoms with van der Waals surface area (Å²) in [5.41, 5.74) is 0. The number of thiophene rings is 1. The monoisotopic (exact) mass is 386 g/mol. The molecule has 1 aliphatic heterocycles. The number of alkyl halides is 1. The minimum Gasteiger partial charge on any atom is -0.378 e. The summed E-state index contributed by atoms with van der Waals surface area (Å²) in [6.07, 6.45) is 2.58. The van der Waals surface area contributed by atoms with Gasteiger partial charge in [-0.25, -0.2) is 0 Å². The molecule has 0 radical (unpaired) electrons. The van der Waals surface area contributed by atoms with Crippen molar-refractivity contribution in [2.24, 2.45) is 5.92 Å². The Morgan fingerprint density at radius 1 is 1.69 bits per heavy atom. The van der Waals surface area contributed by atoms with Gasteiger partial charge >= 0.3 is 0 Å². The highest BCUT2D eigenvalue weighted by molar-refractivity contribution is 9.11. The quantitative estimate of drug-likeness (QED) is 0.629. The molecule has 0 amide bonds. The fraction of sp³-hybridized carbons (Fsp3) is 0.636. The maximum absolute atomic E-state index is 6.06. The smallest absolute Gasteiger partial charge is 0.0887 e. The van der Waals surface area contributed by atoms with Gasteiger partial charge in [-0.15, -0.1) is 11.3 Å². The summed E-state index contributed by atoms with van der Waals surface area (Å²) in [5.74, 6) is 0.562. The zero-order valence-corrected chi connectivity index (χ0v) is 13.6. The Balaban J connectivity index is 2.14. The van der Waals surface area contributed by atoms with Crippen LogP contribution in [0.25, 0.3) is 0 Å². The van der Waals surface area contributed by atoms with Gasteiger partial charge in [-0.3, -0.25) is 0 Å². The third kappa shape index (κ3) is 2.66. The first-order valence-corrected chi connectivity index (χ1v) is 8.24. The Morgan fingerprint density at radius 3 is 3.00 bits per heavy atom. The lowest BCUT2D eigenvalue weighted by molar-refractivity contribution is 0.0874. The van der Waals surface area contributed by atoms with Crippen LogP contribution in [0, 0.1) is 5.92 Å². The van der Waals surface area contributed by atoms with Crippen molar-refractivity contribution in [1.29, 1.82) is 0 Å². The predicted octanol–water partition coefficient (Wildman–Crippen LogP) is 5.42. The summed E-state index contributed by atoms with van der Waals surface area (Å²) >= 11 is 15.0. The molecule has 1 fully saturated rings. The van der Waals surface area contributed by atoms with Gasteiger partial charge in [0.1, 0.15) is 0 Å². The Hall–Kier alpha value is 0.910. The molecule has 2 rings (SSSR count). The topological polar surface area (TPSA) is 9.23 Å². The first-order valence-electron chi connectivity index (χ1n) is 5.34. The largest absolute Gasteiger partial charge is 0.378 e. The van der Waals surface area contributed by atoms with E-state index >= 15 is 0 Å². The molecule has 1 aliphatic rings. The molecule has 3 atom stereocenters. The molecule has 0 aliphatic carbocycles. The van der Waals surface area contributed by atoms with Crippen LogP contribution in [0.1, 0.15) is 29.5 Å². The average Bonchev–Trinajstić information content (AvgIpc) is 2.85. The molecule has 1 nitrogen and oxygen atoms in total. The molecular formula is C11H13Br2ClOS. The van der Waals surface area contributed by atoms with Crippen LogP contribution in [-0.2, 0) is 4.74 Å². The SMILES string of the molecule is CCC1OCCC1C(Br)c1cc(Cl)c(Br)s1. The third-order valence-corrected chi connectivity index (χ3v) is 7.01. The van der Waals surface area contributed by atoms with Crippen molar-refractivity contribution < 1.29 is 4.74 Å². The van der Waals surface area contributed by atoms with E-state index in [0.717, 1.165) is 28.3 Å². The van der Waals surface area contributed by atoms with Gasteiger partial charge in [-0.1, -0.05) is 34.5 Å².